The summed E-state index contributed by atoms with van der Waals surface area (Å²) in [6.45, 7) is 4.57. The summed E-state index contributed by atoms with van der Waals surface area (Å²) in [5.74, 6) is 0.585. The number of carbonyl (C=O) groups is 1. The standard InChI is InChI=1S/C17H20N6O3/c1-9-7-11(21-14-10(2)13(18)19-8-20-14)16(25)23-12(9)15(24)22-17(23)3-5-26-6-4-17/h7-8H,3-6H2,1-2H3,(H,22,24)(H3,18,19,20,21). The number of ether oxygens (including phenoxy) is 1. The first-order chi connectivity index (χ1) is 12.4. The number of hydrogen-bond acceptors (Lipinski definition) is 7. The van der Waals surface area contributed by atoms with Gasteiger partial charge in [-0.15, -0.1) is 0 Å². The Labute approximate surface area is 149 Å². The van der Waals surface area contributed by atoms with Gasteiger partial charge in [0.1, 0.15) is 35.0 Å². The molecule has 4 heterocycles. The molecule has 1 spiro atoms. The van der Waals surface area contributed by atoms with E-state index in [9.17, 15) is 9.59 Å². The Morgan fingerprint density at radius 1 is 1.27 bits per heavy atom. The Morgan fingerprint density at radius 3 is 2.73 bits per heavy atom. The van der Waals surface area contributed by atoms with Gasteiger partial charge >= 0.3 is 0 Å². The molecule has 2 aromatic heterocycles. The van der Waals surface area contributed by atoms with Gasteiger partial charge in [0.15, 0.2) is 0 Å². The molecule has 1 amide bonds. The number of carbonyl (C=O) groups excluding carboxylic acids is 1. The number of aromatic nitrogens is 3. The Balaban J connectivity index is 1.86. The Hall–Kier alpha value is -2.94. The van der Waals surface area contributed by atoms with Crippen molar-refractivity contribution in [3.63, 3.8) is 0 Å². The zero-order valence-corrected chi connectivity index (χ0v) is 14.6. The number of nitrogens with zero attached hydrogens (tertiary/aromatic N) is 3. The monoisotopic (exact) mass is 356 g/mol. The van der Waals surface area contributed by atoms with Crippen LogP contribution in [0.5, 0.6) is 0 Å². The largest absolute Gasteiger partial charge is 0.383 e. The number of nitrogens with one attached hydrogen (secondary N) is 2. The molecule has 2 aliphatic rings. The summed E-state index contributed by atoms with van der Waals surface area (Å²) in [6, 6.07) is 1.67. The average molecular weight is 356 g/mol. The van der Waals surface area contributed by atoms with Gasteiger partial charge in [0, 0.05) is 18.4 Å². The Morgan fingerprint density at radius 2 is 2.00 bits per heavy atom. The number of pyridine rings is 1. The van der Waals surface area contributed by atoms with Crippen molar-refractivity contribution >= 4 is 23.2 Å². The van der Waals surface area contributed by atoms with Crippen molar-refractivity contribution < 1.29 is 9.53 Å². The van der Waals surface area contributed by atoms with Crippen LogP contribution >= 0.6 is 0 Å². The van der Waals surface area contributed by atoms with Gasteiger partial charge in [0.05, 0.1) is 13.2 Å². The average Bonchev–Trinajstić information content (AvgIpc) is 2.89. The number of amides is 1. The minimum absolute atomic E-state index is 0.226. The molecule has 2 aromatic rings. The number of anilines is 3. The highest BCUT2D eigenvalue weighted by atomic mass is 16.5. The summed E-state index contributed by atoms with van der Waals surface area (Å²) >= 11 is 0. The topological polar surface area (TPSA) is 124 Å². The molecule has 0 unspecified atom stereocenters. The Kier molecular flexibility index (Phi) is 3.69. The minimum Gasteiger partial charge on any atom is -0.383 e. The van der Waals surface area contributed by atoms with Crippen LogP contribution in [0.15, 0.2) is 17.2 Å². The Bertz CT molecular complexity index is 962. The van der Waals surface area contributed by atoms with E-state index in [0.717, 1.165) is 0 Å². The summed E-state index contributed by atoms with van der Waals surface area (Å²) in [5, 5.41) is 6.05. The molecule has 136 valence electrons. The second kappa shape index (κ2) is 5.80. The first-order valence-corrected chi connectivity index (χ1v) is 8.44. The summed E-state index contributed by atoms with van der Waals surface area (Å²) in [7, 11) is 0. The van der Waals surface area contributed by atoms with Crippen LogP contribution < -0.4 is 21.9 Å². The van der Waals surface area contributed by atoms with Gasteiger partial charge in [-0.1, -0.05) is 0 Å². The van der Waals surface area contributed by atoms with Crippen molar-refractivity contribution in [2.24, 2.45) is 0 Å². The maximum Gasteiger partial charge on any atom is 0.276 e. The predicted octanol–water partition coefficient (Wildman–Crippen LogP) is 0.788. The number of rotatable bonds is 2. The molecular weight excluding hydrogens is 336 g/mol. The first kappa shape index (κ1) is 16.5. The third kappa shape index (κ3) is 2.35. The van der Waals surface area contributed by atoms with Gasteiger partial charge in [-0.25, -0.2) is 9.97 Å². The second-order valence-corrected chi connectivity index (χ2v) is 6.69. The van der Waals surface area contributed by atoms with Crippen molar-refractivity contribution in [2.75, 3.05) is 24.3 Å². The van der Waals surface area contributed by atoms with Gasteiger partial charge in [0.25, 0.3) is 11.5 Å². The van der Waals surface area contributed by atoms with E-state index in [1.165, 1.54) is 6.33 Å². The third-order valence-corrected chi connectivity index (χ3v) is 5.08. The molecule has 0 atom stereocenters. The SMILES string of the molecule is Cc1cc(Nc2ncnc(N)c2C)c(=O)n2c1C(=O)NC21CCOCC1. The molecule has 0 saturated carbocycles. The number of fused-ring (bicyclic) bond motifs is 2. The molecule has 4 N–H and O–H groups in total. The zero-order valence-electron chi connectivity index (χ0n) is 14.6. The van der Waals surface area contributed by atoms with Gasteiger partial charge in [-0.2, -0.15) is 0 Å². The van der Waals surface area contributed by atoms with Crippen molar-refractivity contribution in [3.05, 3.63) is 39.6 Å². The molecule has 26 heavy (non-hydrogen) atoms. The van der Waals surface area contributed by atoms with E-state index >= 15 is 0 Å². The fourth-order valence-electron chi connectivity index (χ4n) is 3.62. The minimum atomic E-state index is -0.732. The highest BCUT2D eigenvalue weighted by molar-refractivity contribution is 5.97. The van der Waals surface area contributed by atoms with Crippen molar-refractivity contribution in [3.8, 4) is 0 Å². The number of hydrogen-bond donors (Lipinski definition) is 3. The quantitative estimate of drug-likeness (QED) is 0.726. The van der Waals surface area contributed by atoms with E-state index in [2.05, 4.69) is 20.6 Å². The highest BCUT2D eigenvalue weighted by Crippen LogP contribution is 2.33. The number of nitrogens with two attached hydrogens (primary N) is 1. The molecule has 1 saturated heterocycles. The van der Waals surface area contributed by atoms with Gasteiger partial charge < -0.3 is 21.1 Å². The highest BCUT2D eigenvalue weighted by Gasteiger charge is 2.45. The van der Waals surface area contributed by atoms with Gasteiger partial charge in [0.2, 0.25) is 0 Å². The fraction of sp³-hybridized carbons (Fsp3) is 0.412. The summed E-state index contributed by atoms with van der Waals surface area (Å²) in [4.78, 5) is 33.8. The molecule has 0 bridgehead atoms. The second-order valence-electron chi connectivity index (χ2n) is 6.69. The molecule has 1 fully saturated rings. The number of aryl methyl sites for hydroxylation is 1. The van der Waals surface area contributed by atoms with E-state index in [-0.39, 0.29) is 11.5 Å². The molecule has 9 heteroatoms. The molecular formula is C17H20N6O3. The van der Waals surface area contributed by atoms with Crippen LogP contribution in [0, 0.1) is 13.8 Å². The van der Waals surface area contributed by atoms with E-state index in [1.54, 1.807) is 17.6 Å². The van der Waals surface area contributed by atoms with Crippen LogP contribution in [0.25, 0.3) is 0 Å². The van der Waals surface area contributed by atoms with Gasteiger partial charge in [-0.05, 0) is 25.5 Å². The molecule has 4 rings (SSSR count). The molecule has 2 aliphatic heterocycles. The summed E-state index contributed by atoms with van der Waals surface area (Å²) in [6.07, 6.45) is 2.44. The van der Waals surface area contributed by atoms with E-state index < -0.39 is 5.66 Å². The van der Waals surface area contributed by atoms with Crippen LogP contribution in [0.2, 0.25) is 0 Å². The van der Waals surface area contributed by atoms with E-state index in [1.807, 2.05) is 6.92 Å². The zero-order chi connectivity index (χ0) is 18.5. The molecule has 0 aliphatic carbocycles. The molecule has 0 aromatic carbocycles. The molecule has 9 nitrogen and oxygen atoms in total. The van der Waals surface area contributed by atoms with Crippen LogP contribution in [0.1, 0.15) is 34.5 Å². The first-order valence-electron chi connectivity index (χ1n) is 8.44. The lowest BCUT2D eigenvalue weighted by Gasteiger charge is -2.35. The third-order valence-electron chi connectivity index (χ3n) is 5.08. The van der Waals surface area contributed by atoms with Crippen molar-refractivity contribution in [1.82, 2.24) is 19.9 Å². The lowest BCUT2D eigenvalue weighted by Crippen LogP contribution is -2.51. The molecule has 0 radical (unpaired) electrons. The summed E-state index contributed by atoms with van der Waals surface area (Å²) in [5.41, 5.74) is 6.93. The summed E-state index contributed by atoms with van der Waals surface area (Å²) < 4.78 is 7.00. The maximum atomic E-state index is 13.2. The lowest BCUT2D eigenvalue weighted by atomic mass is 10.0. The smallest absolute Gasteiger partial charge is 0.276 e. The maximum absolute atomic E-state index is 13.2. The van der Waals surface area contributed by atoms with E-state index in [4.69, 9.17) is 10.5 Å². The normalized spacial score (nSPS) is 17.8. The van der Waals surface area contributed by atoms with Crippen molar-refractivity contribution in [2.45, 2.75) is 32.4 Å². The van der Waals surface area contributed by atoms with Gasteiger partial charge in [-0.3, -0.25) is 14.2 Å². The number of nitrogen functional groups attached to an aromatic ring is 1. The van der Waals surface area contributed by atoms with Crippen molar-refractivity contribution in [1.29, 1.82) is 0 Å². The van der Waals surface area contributed by atoms with E-state index in [0.29, 0.717) is 60.2 Å². The fourth-order valence-corrected chi connectivity index (χ4v) is 3.62. The lowest BCUT2D eigenvalue weighted by molar-refractivity contribution is 0.0120. The van der Waals surface area contributed by atoms with Crippen LogP contribution in [-0.4, -0.2) is 33.7 Å². The van der Waals surface area contributed by atoms with Crippen LogP contribution in [0.4, 0.5) is 17.3 Å². The van der Waals surface area contributed by atoms with Crippen LogP contribution in [-0.2, 0) is 10.4 Å². The van der Waals surface area contributed by atoms with Crippen LogP contribution in [0.3, 0.4) is 0 Å². The predicted molar refractivity (Wildman–Crippen MR) is 95.4 cm³/mol.